The van der Waals surface area contributed by atoms with Gasteiger partial charge in [-0.05, 0) is 12.5 Å². The average Bonchev–Trinajstić information content (AvgIpc) is 2.26. The minimum absolute atomic E-state index is 0.151. The SMILES string of the molecule is C=CCN(C(=O)O)C(C)c1ccccc1. The fraction of sp³-hybridized carbons (Fsp3) is 0.250. The molecule has 1 aromatic carbocycles. The lowest BCUT2D eigenvalue weighted by Crippen LogP contribution is -2.32. The molecule has 1 N–H and O–H groups in total. The van der Waals surface area contributed by atoms with E-state index in [-0.39, 0.29) is 6.04 Å². The van der Waals surface area contributed by atoms with Crippen molar-refractivity contribution in [2.75, 3.05) is 6.54 Å². The number of hydrogen-bond donors (Lipinski definition) is 1. The largest absolute Gasteiger partial charge is 0.465 e. The van der Waals surface area contributed by atoms with Crippen molar-refractivity contribution < 1.29 is 9.90 Å². The van der Waals surface area contributed by atoms with Crippen LogP contribution >= 0.6 is 0 Å². The molecule has 0 aliphatic carbocycles. The second-order valence-corrected chi connectivity index (χ2v) is 3.31. The molecule has 15 heavy (non-hydrogen) atoms. The molecule has 1 aromatic rings. The monoisotopic (exact) mass is 205 g/mol. The van der Waals surface area contributed by atoms with Gasteiger partial charge in [-0.25, -0.2) is 4.79 Å². The summed E-state index contributed by atoms with van der Waals surface area (Å²) in [5.41, 5.74) is 0.988. The Morgan fingerprint density at radius 2 is 2.13 bits per heavy atom. The summed E-state index contributed by atoms with van der Waals surface area (Å²) < 4.78 is 0. The van der Waals surface area contributed by atoms with E-state index < -0.39 is 6.09 Å². The molecule has 1 amide bonds. The van der Waals surface area contributed by atoms with E-state index >= 15 is 0 Å². The topological polar surface area (TPSA) is 40.5 Å². The molecule has 3 nitrogen and oxygen atoms in total. The van der Waals surface area contributed by atoms with Crippen molar-refractivity contribution in [2.24, 2.45) is 0 Å². The number of rotatable bonds is 4. The second kappa shape index (κ2) is 5.20. The third-order valence-corrected chi connectivity index (χ3v) is 2.32. The Hall–Kier alpha value is -1.77. The Morgan fingerprint density at radius 3 is 2.60 bits per heavy atom. The first kappa shape index (κ1) is 11.3. The van der Waals surface area contributed by atoms with Crippen LogP contribution in [-0.2, 0) is 0 Å². The smallest absolute Gasteiger partial charge is 0.408 e. The molecule has 1 unspecified atom stereocenters. The van der Waals surface area contributed by atoms with E-state index in [0.29, 0.717) is 6.54 Å². The summed E-state index contributed by atoms with van der Waals surface area (Å²) in [4.78, 5) is 12.3. The van der Waals surface area contributed by atoms with Gasteiger partial charge >= 0.3 is 6.09 Å². The highest BCUT2D eigenvalue weighted by Gasteiger charge is 2.18. The zero-order valence-corrected chi connectivity index (χ0v) is 8.76. The maximum Gasteiger partial charge on any atom is 0.408 e. The Bertz CT molecular complexity index is 335. The summed E-state index contributed by atoms with van der Waals surface area (Å²) in [5, 5.41) is 9.01. The maximum absolute atomic E-state index is 11.0. The van der Waals surface area contributed by atoms with Crippen LogP contribution in [0, 0.1) is 0 Å². The van der Waals surface area contributed by atoms with Crippen LogP contribution in [0.25, 0.3) is 0 Å². The molecule has 0 aromatic heterocycles. The van der Waals surface area contributed by atoms with Gasteiger partial charge < -0.3 is 5.11 Å². The van der Waals surface area contributed by atoms with E-state index in [2.05, 4.69) is 6.58 Å². The van der Waals surface area contributed by atoms with Gasteiger partial charge in [-0.15, -0.1) is 6.58 Å². The van der Waals surface area contributed by atoms with Crippen LogP contribution < -0.4 is 0 Å². The summed E-state index contributed by atoms with van der Waals surface area (Å²) in [5.74, 6) is 0. The number of amides is 1. The zero-order valence-electron chi connectivity index (χ0n) is 8.76. The van der Waals surface area contributed by atoms with Gasteiger partial charge in [0.25, 0.3) is 0 Å². The summed E-state index contributed by atoms with van der Waals surface area (Å²) >= 11 is 0. The van der Waals surface area contributed by atoms with E-state index in [4.69, 9.17) is 5.11 Å². The van der Waals surface area contributed by atoms with E-state index in [1.54, 1.807) is 6.08 Å². The van der Waals surface area contributed by atoms with E-state index in [1.165, 1.54) is 4.90 Å². The predicted octanol–water partition coefficient (Wildman–Crippen LogP) is 2.91. The highest BCUT2D eigenvalue weighted by molar-refractivity contribution is 5.66. The lowest BCUT2D eigenvalue weighted by molar-refractivity contribution is 0.134. The highest BCUT2D eigenvalue weighted by Crippen LogP contribution is 2.19. The number of carbonyl (C=O) groups is 1. The molecule has 0 aliphatic rings. The van der Waals surface area contributed by atoms with Crippen molar-refractivity contribution >= 4 is 6.09 Å². The molecule has 0 spiro atoms. The fourth-order valence-corrected chi connectivity index (χ4v) is 1.45. The first-order valence-corrected chi connectivity index (χ1v) is 4.82. The van der Waals surface area contributed by atoms with Crippen LogP contribution in [0.1, 0.15) is 18.5 Å². The third kappa shape index (κ3) is 2.84. The minimum atomic E-state index is -0.925. The summed E-state index contributed by atoms with van der Waals surface area (Å²) in [6.45, 7) is 5.76. The maximum atomic E-state index is 11.0. The van der Waals surface area contributed by atoms with E-state index in [0.717, 1.165) is 5.56 Å². The van der Waals surface area contributed by atoms with Crippen molar-refractivity contribution in [1.29, 1.82) is 0 Å². The summed E-state index contributed by atoms with van der Waals surface area (Å²) in [6, 6.07) is 9.41. The van der Waals surface area contributed by atoms with Gasteiger partial charge in [0.15, 0.2) is 0 Å². The first-order chi connectivity index (χ1) is 7.16. The van der Waals surface area contributed by atoms with Crippen LogP contribution in [0.4, 0.5) is 4.79 Å². The summed E-state index contributed by atoms with van der Waals surface area (Å²) in [7, 11) is 0. The fourth-order valence-electron chi connectivity index (χ4n) is 1.45. The Kier molecular flexibility index (Phi) is 3.92. The average molecular weight is 205 g/mol. The molecule has 1 rings (SSSR count). The van der Waals surface area contributed by atoms with Gasteiger partial charge in [0.05, 0.1) is 6.04 Å². The Morgan fingerprint density at radius 1 is 1.53 bits per heavy atom. The van der Waals surface area contributed by atoms with E-state index in [9.17, 15) is 4.79 Å². The molecule has 3 heteroatoms. The van der Waals surface area contributed by atoms with Gasteiger partial charge in [0.1, 0.15) is 0 Å². The van der Waals surface area contributed by atoms with Gasteiger partial charge in [-0.2, -0.15) is 0 Å². The zero-order chi connectivity index (χ0) is 11.3. The number of benzene rings is 1. The van der Waals surface area contributed by atoms with Crippen LogP contribution in [0.2, 0.25) is 0 Å². The van der Waals surface area contributed by atoms with Gasteiger partial charge in [-0.1, -0.05) is 36.4 Å². The van der Waals surface area contributed by atoms with Crippen LogP contribution in [0.5, 0.6) is 0 Å². The number of nitrogens with zero attached hydrogens (tertiary/aromatic N) is 1. The Labute approximate surface area is 89.6 Å². The van der Waals surface area contributed by atoms with Crippen LogP contribution in [0.3, 0.4) is 0 Å². The first-order valence-electron chi connectivity index (χ1n) is 4.82. The van der Waals surface area contributed by atoms with E-state index in [1.807, 2.05) is 37.3 Å². The number of hydrogen-bond acceptors (Lipinski definition) is 1. The quantitative estimate of drug-likeness (QED) is 0.768. The van der Waals surface area contributed by atoms with Crippen molar-refractivity contribution in [2.45, 2.75) is 13.0 Å². The molecular weight excluding hydrogens is 190 g/mol. The number of carboxylic acid groups (broad SMARTS) is 1. The molecule has 0 fully saturated rings. The molecule has 0 bridgehead atoms. The summed E-state index contributed by atoms with van der Waals surface area (Å²) in [6.07, 6.45) is 0.666. The lowest BCUT2D eigenvalue weighted by Gasteiger charge is -2.25. The molecule has 0 saturated carbocycles. The van der Waals surface area contributed by atoms with Crippen LogP contribution in [-0.4, -0.2) is 22.6 Å². The third-order valence-electron chi connectivity index (χ3n) is 2.32. The highest BCUT2D eigenvalue weighted by atomic mass is 16.4. The van der Waals surface area contributed by atoms with Crippen LogP contribution in [0.15, 0.2) is 43.0 Å². The van der Waals surface area contributed by atoms with Crippen molar-refractivity contribution in [1.82, 2.24) is 4.90 Å². The van der Waals surface area contributed by atoms with Gasteiger partial charge in [-0.3, -0.25) is 4.90 Å². The molecule has 80 valence electrons. The standard InChI is InChI=1S/C12H15NO2/c1-3-9-13(12(14)15)10(2)11-7-5-4-6-8-11/h3-8,10H,1,9H2,2H3,(H,14,15). The molecule has 0 saturated heterocycles. The van der Waals surface area contributed by atoms with Crippen molar-refractivity contribution in [3.63, 3.8) is 0 Å². The molecule has 1 atom stereocenters. The van der Waals surface area contributed by atoms with Gasteiger partial charge in [0.2, 0.25) is 0 Å². The minimum Gasteiger partial charge on any atom is -0.465 e. The molecule has 0 aliphatic heterocycles. The Balaban J connectivity index is 2.85. The molecule has 0 radical (unpaired) electrons. The predicted molar refractivity (Wildman–Crippen MR) is 59.8 cm³/mol. The van der Waals surface area contributed by atoms with Crippen molar-refractivity contribution in [3.8, 4) is 0 Å². The second-order valence-electron chi connectivity index (χ2n) is 3.31. The van der Waals surface area contributed by atoms with Gasteiger partial charge in [0, 0.05) is 6.54 Å². The molecule has 0 heterocycles. The molecular formula is C12H15NO2. The van der Waals surface area contributed by atoms with Crippen molar-refractivity contribution in [3.05, 3.63) is 48.6 Å². The lowest BCUT2D eigenvalue weighted by atomic mass is 10.1. The normalized spacial score (nSPS) is 11.8.